The fraction of sp³-hybridized carbons (Fsp3) is 0.455. The molecule has 1 unspecified atom stereocenters. The van der Waals surface area contributed by atoms with E-state index in [0.717, 1.165) is 17.6 Å². The van der Waals surface area contributed by atoms with Gasteiger partial charge < -0.3 is 10.1 Å². The van der Waals surface area contributed by atoms with Gasteiger partial charge in [-0.05, 0) is 30.7 Å². The standard InChI is InChI=1S/C11H14BrNO/c12-10-3-1-2-9(6-10)7-14-8-11-4-5-13-11/h1-3,6,11,13H,4-5,7-8H2. The summed E-state index contributed by atoms with van der Waals surface area (Å²) in [5.74, 6) is 0. The molecule has 0 bridgehead atoms. The largest absolute Gasteiger partial charge is 0.375 e. The van der Waals surface area contributed by atoms with E-state index in [-0.39, 0.29) is 0 Å². The molecule has 2 rings (SSSR count). The summed E-state index contributed by atoms with van der Waals surface area (Å²) in [6.45, 7) is 2.68. The van der Waals surface area contributed by atoms with Gasteiger partial charge in [-0.2, -0.15) is 0 Å². The third-order valence-electron chi connectivity index (χ3n) is 2.40. The Morgan fingerprint density at radius 2 is 2.36 bits per heavy atom. The van der Waals surface area contributed by atoms with Gasteiger partial charge >= 0.3 is 0 Å². The molecule has 1 aromatic rings. The number of halogens is 1. The number of hydrogen-bond donors (Lipinski definition) is 1. The Morgan fingerprint density at radius 1 is 1.50 bits per heavy atom. The Labute approximate surface area is 92.8 Å². The monoisotopic (exact) mass is 255 g/mol. The molecule has 2 nitrogen and oxygen atoms in total. The second-order valence-electron chi connectivity index (χ2n) is 3.58. The van der Waals surface area contributed by atoms with Gasteiger partial charge in [-0.25, -0.2) is 0 Å². The van der Waals surface area contributed by atoms with E-state index >= 15 is 0 Å². The minimum Gasteiger partial charge on any atom is -0.375 e. The van der Waals surface area contributed by atoms with Crippen molar-refractivity contribution in [2.75, 3.05) is 13.2 Å². The molecule has 1 saturated heterocycles. The van der Waals surface area contributed by atoms with Crippen molar-refractivity contribution >= 4 is 15.9 Å². The van der Waals surface area contributed by atoms with Crippen LogP contribution in [0.4, 0.5) is 0 Å². The quantitative estimate of drug-likeness (QED) is 0.892. The molecule has 0 spiro atoms. The van der Waals surface area contributed by atoms with Gasteiger partial charge in [-0.1, -0.05) is 28.1 Å². The molecule has 1 aliphatic heterocycles. The van der Waals surface area contributed by atoms with Gasteiger partial charge in [0, 0.05) is 10.5 Å². The zero-order valence-electron chi connectivity index (χ0n) is 8.00. The summed E-state index contributed by atoms with van der Waals surface area (Å²) in [4.78, 5) is 0. The lowest BCUT2D eigenvalue weighted by Crippen LogP contribution is -2.45. The maximum absolute atomic E-state index is 5.60. The Kier molecular flexibility index (Phi) is 3.56. The first-order chi connectivity index (χ1) is 6.84. The number of hydrogen-bond acceptors (Lipinski definition) is 2. The Hall–Kier alpha value is -0.380. The van der Waals surface area contributed by atoms with E-state index < -0.39 is 0 Å². The van der Waals surface area contributed by atoms with Gasteiger partial charge in [0.15, 0.2) is 0 Å². The first-order valence-electron chi connectivity index (χ1n) is 4.90. The highest BCUT2D eigenvalue weighted by Crippen LogP contribution is 2.12. The summed E-state index contributed by atoms with van der Waals surface area (Å²) >= 11 is 3.44. The highest BCUT2D eigenvalue weighted by molar-refractivity contribution is 9.10. The Balaban J connectivity index is 1.74. The van der Waals surface area contributed by atoms with Crippen molar-refractivity contribution in [3.8, 4) is 0 Å². The summed E-state index contributed by atoms with van der Waals surface area (Å²) in [5, 5.41) is 3.31. The molecule has 1 fully saturated rings. The number of rotatable bonds is 4. The number of ether oxygens (including phenoxy) is 1. The molecule has 76 valence electrons. The fourth-order valence-corrected chi connectivity index (χ4v) is 1.88. The van der Waals surface area contributed by atoms with Crippen LogP contribution in [-0.2, 0) is 11.3 Å². The van der Waals surface area contributed by atoms with Gasteiger partial charge in [0.1, 0.15) is 0 Å². The molecule has 0 radical (unpaired) electrons. The summed E-state index contributed by atoms with van der Waals surface area (Å²) in [7, 11) is 0. The van der Waals surface area contributed by atoms with Crippen LogP contribution in [0.25, 0.3) is 0 Å². The van der Waals surface area contributed by atoms with Crippen molar-refractivity contribution in [1.82, 2.24) is 5.32 Å². The minimum atomic E-state index is 0.585. The molecule has 1 aromatic carbocycles. The van der Waals surface area contributed by atoms with E-state index in [9.17, 15) is 0 Å². The summed E-state index contributed by atoms with van der Waals surface area (Å²) in [6.07, 6.45) is 1.25. The van der Waals surface area contributed by atoms with Crippen molar-refractivity contribution in [3.63, 3.8) is 0 Å². The molecule has 0 saturated carbocycles. The zero-order valence-corrected chi connectivity index (χ0v) is 9.59. The first-order valence-corrected chi connectivity index (χ1v) is 5.69. The van der Waals surface area contributed by atoms with Gasteiger partial charge in [0.2, 0.25) is 0 Å². The van der Waals surface area contributed by atoms with Crippen LogP contribution in [0.15, 0.2) is 28.7 Å². The average molecular weight is 256 g/mol. The van der Waals surface area contributed by atoms with Crippen LogP contribution in [0, 0.1) is 0 Å². The lowest BCUT2D eigenvalue weighted by atomic mass is 10.1. The van der Waals surface area contributed by atoms with Gasteiger partial charge in [-0.3, -0.25) is 0 Å². The summed E-state index contributed by atoms with van der Waals surface area (Å²) < 4.78 is 6.71. The average Bonchev–Trinajstić information content (AvgIpc) is 2.09. The van der Waals surface area contributed by atoms with Gasteiger partial charge in [0.05, 0.1) is 13.2 Å². The summed E-state index contributed by atoms with van der Waals surface area (Å²) in [5.41, 5.74) is 1.22. The second kappa shape index (κ2) is 4.91. The molecule has 0 amide bonds. The van der Waals surface area contributed by atoms with Gasteiger partial charge in [0.25, 0.3) is 0 Å². The SMILES string of the molecule is Brc1cccc(COCC2CCN2)c1. The van der Waals surface area contributed by atoms with Crippen molar-refractivity contribution in [2.45, 2.75) is 19.1 Å². The second-order valence-corrected chi connectivity index (χ2v) is 4.50. The highest BCUT2D eigenvalue weighted by atomic mass is 79.9. The van der Waals surface area contributed by atoms with Crippen molar-refractivity contribution in [3.05, 3.63) is 34.3 Å². The van der Waals surface area contributed by atoms with Crippen LogP contribution in [-0.4, -0.2) is 19.2 Å². The maximum Gasteiger partial charge on any atom is 0.0718 e. The van der Waals surface area contributed by atoms with Crippen LogP contribution in [0.5, 0.6) is 0 Å². The van der Waals surface area contributed by atoms with Crippen LogP contribution in [0.3, 0.4) is 0 Å². The van der Waals surface area contributed by atoms with E-state index in [1.165, 1.54) is 12.0 Å². The lowest BCUT2D eigenvalue weighted by molar-refractivity contribution is 0.0807. The predicted octanol–water partition coefficient (Wildman–Crippen LogP) is 2.33. The zero-order chi connectivity index (χ0) is 9.80. The van der Waals surface area contributed by atoms with E-state index in [2.05, 4.69) is 33.4 Å². The minimum absolute atomic E-state index is 0.585. The molecule has 3 heteroatoms. The van der Waals surface area contributed by atoms with Gasteiger partial charge in [-0.15, -0.1) is 0 Å². The van der Waals surface area contributed by atoms with Crippen molar-refractivity contribution < 1.29 is 4.74 Å². The van der Waals surface area contributed by atoms with Crippen LogP contribution in [0.2, 0.25) is 0 Å². The molecule has 0 aromatic heterocycles. The third kappa shape index (κ3) is 2.80. The third-order valence-corrected chi connectivity index (χ3v) is 2.90. The molecule has 1 heterocycles. The topological polar surface area (TPSA) is 21.3 Å². The smallest absolute Gasteiger partial charge is 0.0718 e. The Morgan fingerprint density at radius 3 is 3.00 bits per heavy atom. The van der Waals surface area contributed by atoms with Crippen molar-refractivity contribution in [2.24, 2.45) is 0 Å². The molecular weight excluding hydrogens is 242 g/mol. The van der Waals surface area contributed by atoms with E-state index in [4.69, 9.17) is 4.74 Å². The number of nitrogens with one attached hydrogen (secondary N) is 1. The van der Waals surface area contributed by atoms with Crippen molar-refractivity contribution in [1.29, 1.82) is 0 Å². The lowest BCUT2D eigenvalue weighted by Gasteiger charge is -2.27. The maximum atomic E-state index is 5.60. The fourth-order valence-electron chi connectivity index (χ4n) is 1.44. The Bertz CT molecular complexity index is 299. The molecule has 1 aliphatic rings. The van der Waals surface area contributed by atoms with E-state index in [1.807, 2.05) is 12.1 Å². The molecule has 1 N–H and O–H groups in total. The molecule has 0 aliphatic carbocycles. The number of benzene rings is 1. The molecule has 1 atom stereocenters. The first kappa shape index (κ1) is 10.1. The van der Waals surface area contributed by atoms with Crippen LogP contribution >= 0.6 is 15.9 Å². The van der Waals surface area contributed by atoms with E-state index in [1.54, 1.807) is 0 Å². The molecular formula is C11H14BrNO. The van der Waals surface area contributed by atoms with E-state index in [0.29, 0.717) is 12.6 Å². The molecule has 14 heavy (non-hydrogen) atoms. The summed E-state index contributed by atoms with van der Waals surface area (Å²) in [6, 6.07) is 8.82. The predicted molar refractivity (Wildman–Crippen MR) is 60.2 cm³/mol. The van der Waals surface area contributed by atoms with Crippen LogP contribution in [0.1, 0.15) is 12.0 Å². The normalized spacial score (nSPS) is 20.5. The highest BCUT2D eigenvalue weighted by Gasteiger charge is 2.15. The van der Waals surface area contributed by atoms with Crippen LogP contribution < -0.4 is 5.32 Å².